The summed E-state index contributed by atoms with van der Waals surface area (Å²) in [6.07, 6.45) is 0.756. The number of rotatable bonds is 0. The topological polar surface area (TPSA) is 21.1 Å². The van der Waals surface area contributed by atoms with Crippen molar-refractivity contribution in [3.63, 3.8) is 0 Å². The van der Waals surface area contributed by atoms with Crippen molar-refractivity contribution in [2.45, 2.75) is 46.2 Å². The van der Waals surface area contributed by atoms with Crippen LogP contribution in [0, 0.1) is 6.92 Å². The predicted molar refractivity (Wildman–Crippen MR) is 61.8 cm³/mol. The molecule has 1 aliphatic heterocycles. The van der Waals surface area contributed by atoms with E-state index in [-0.39, 0.29) is 5.54 Å². The molecule has 1 aliphatic rings. The standard InChI is InChI=1S/C12H21N3/c1-9-13-10-8-15(12(2,3)4)7-6-11(10)14(9)5/h6-8H2,1-5H3/i5D3. The number of fused-ring (bicyclic) bond motifs is 1. The fraction of sp³-hybridized carbons (Fsp3) is 0.750. The quantitative estimate of drug-likeness (QED) is 0.652. The third kappa shape index (κ3) is 1.81. The zero-order valence-corrected chi connectivity index (χ0v) is 9.96. The molecule has 2 rings (SSSR count). The highest BCUT2D eigenvalue weighted by atomic mass is 15.2. The van der Waals surface area contributed by atoms with Crippen LogP contribution in [0.15, 0.2) is 0 Å². The van der Waals surface area contributed by atoms with Gasteiger partial charge in [0.15, 0.2) is 0 Å². The molecular weight excluding hydrogens is 186 g/mol. The minimum absolute atomic E-state index is 0.0926. The molecule has 1 aromatic rings. The van der Waals surface area contributed by atoms with E-state index in [1.807, 2.05) is 0 Å². The second-order valence-electron chi connectivity index (χ2n) is 5.23. The van der Waals surface area contributed by atoms with Crippen LogP contribution >= 0.6 is 0 Å². The fourth-order valence-corrected chi connectivity index (χ4v) is 2.09. The minimum Gasteiger partial charge on any atom is -0.335 e. The first-order valence-corrected chi connectivity index (χ1v) is 5.43. The Morgan fingerprint density at radius 3 is 2.73 bits per heavy atom. The zero-order valence-electron chi connectivity index (χ0n) is 13.0. The number of hydrogen-bond donors (Lipinski definition) is 0. The minimum atomic E-state index is -2.12. The van der Waals surface area contributed by atoms with Crippen molar-refractivity contribution in [1.82, 2.24) is 14.5 Å². The molecule has 0 radical (unpaired) electrons. The summed E-state index contributed by atoms with van der Waals surface area (Å²) in [5, 5.41) is 0. The summed E-state index contributed by atoms with van der Waals surface area (Å²) in [5.74, 6) is 0.593. The van der Waals surface area contributed by atoms with Crippen LogP contribution in [0.2, 0.25) is 0 Å². The monoisotopic (exact) mass is 210 g/mol. The average molecular weight is 210 g/mol. The van der Waals surface area contributed by atoms with Gasteiger partial charge in [-0.15, -0.1) is 0 Å². The van der Waals surface area contributed by atoms with Crippen LogP contribution in [0.25, 0.3) is 0 Å². The Morgan fingerprint density at radius 1 is 1.40 bits per heavy atom. The Morgan fingerprint density at radius 2 is 2.13 bits per heavy atom. The Labute approximate surface area is 96.3 Å². The van der Waals surface area contributed by atoms with Gasteiger partial charge in [0.2, 0.25) is 0 Å². The lowest BCUT2D eigenvalue weighted by atomic mass is 10.0. The summed E-state index contributed by atoms with van der Waals surface area (Å²) in [4.78, 5) is 6.78. The first-order valence-electron chi connectivity index (χ1n) is 6.93. The molecule has 0 atom stereocenters. The van der Waals surface area contributed by atoms with Crippen LogP contribution in [0.5, 0.6) is 0 Å². The van der Waals surface area contributed by atoms with Gasteiger partial charge in [0, 0.05) is 41.8 Å². The van der Waals surface area contributed by atoms with Gasteiger partial charge in [0.25, 0.3) is 0 Å². The third-order valence-electron chi connectivity index (χ3n) is 3.13. The Balaban J connectivity index is 2.38. The van der Waals surface area contributed by atoms with Crippen molar-refractivity contribution in [3.05, 3.63) is 17.2 Å². The maximum absolute atomic E-state index is 7.59. The maximum Gasteiger partial charge on any atom is 0.105 e. The van der Waals surface area contributed by atoms with Gasteiger partial charge in [-0.05, 0) is 27.7 Å². The normalized spacial score (nSPS) is 21.7. The molecular formula is C12H21N3. The highest BCUT2D eigenvalue weighted by Gasteiger charge is 2.28. The molecule has 84 valence electrons. The molecule has 15 heavy (non-hydrogen) atoms. The molecule has 3 heteroatoms. The Kier molecular flexibility index (Phi) is 1.66. The molecule has 0 amide bonds. The maximum atomic E-state index is 7.59. The van der Waals surface area contributed by atoms with E-state index in [0.29, 0.717) is 5.82 Å². The molecule has 0 bridgehead atoms. The summed E-state index contributed by atoms with van der Waals surface area (Å²) in [6.45, 7) is 7.80. The van der Waals surface area contributed by atoms with Crippen LogP contribution in [0.1, 0.15) is 42.1 Å². The number of hydrogen-bond acceptors (Lipinski definition) is 2. The fourth-order valence-electron chi connectivity index (χ4n) is 2.09. The van der Waals surface area contributed by atoms with E-state index in [0.717, 1.165) is 30.9 Å². The lowest BCUT2D eigenvalue weighted by Gasteiger charge is -2.37. The first kappa shape index (κ1) is 7.44. The van der Waals surface area contributed by atoms with E-state index < -0.39 is 6.98 Å². The molecule has 0 saturated carbocycles. The Hall–Kier alpha value is -0.830. The van der Waals surface area contributed by atoms with E-state index in [2.05, 4.69) is 30.7 Å². The van der Waals surface area contributed by atoms with Gasteiger partial charge in [0.1, 0.15) is 5.82 Å². The second-order valence-corrected chi connectivity index (χ2v) is 5.23. The molecule has 0 aromatic carbocycles. The molecule has 3 nitrogen and oxygen atoms in total. The summed E-state index contributed by atoms with van der Waals surface area (Å²) < 4.78 is 24.2. The van der Waals surface area contributed by atoms with Gasteiger partial charge in [-0.25, -0.2) is 4.98 Å². The van der Waals surface area contributed by atoms with Crippen molar-refractivity contribution in [2.24, 2.45) is 6.98 Å². The summed E-state index contributed by atoms with van der Waals surface area (Å²) in [6, 6.07) is 0. The molecule has 2 heterocycles. The van der Waals surface area contributed by atoms with Gasteiger partial charge in [0.05, 0.1) is 5.69 Å². The van der Waals surface area contributed by atoms with Gasteiger partial charge in [-0.3, -0.25) is 4.90 Å². The first-order chi connectivity index (χ1) is 8.10. The third-order valence-corrected chi connectivity index (χ3v) is 3.13. The van der Waals surface area contributed by atoms with Crippen LogP contribution in [0.3, 0.4) is 0 Å². The summed E-state index contributed by atoms with van der Waals surface area (Å²) >= 11 is 0. The Bertz CT molecular complexity index is 454. The predicted octanol–water partition coefficient (Wildman–Crippen LogP) is 1.89. The molecule has 0 unspecified atom stereocenters. The lowest BCUT2D eigenvalue weighted by Crippen LogP contribution is -2.44. The van der Waals surface area contributed by atoms with Crippen molar-refractivity contribution >= 4 is 0 Å². The number of aryl methyl sites for hydroxylation is 1. The van der Waals surface area contributed by atoms with Crippen molar-refractivity contribution < 1.29 is 4.11 Å². The summed E-state index contributed by atoms with van der Waals surface area (Å²) in [7, 11) is 0. The molecule has 0 fully saturated rings. The molecule has 0 aliphatic carbocycles. The van der Waals surface area contributed by atoms with Gasteiger partial charge < -0.3 is 4.57 Å². The van der Waals surface area contributed by atoms with Crippen LogP contribution in [0.4, 0.5) is 0 Å². The lowest BCUT2D eigenvalue weighted by molar-refractivity contribution is 0.118. The van der Waals surface area contributed by atoms with Gasteiger partial charge in [-0.2, -0.15) is 0 Å². The van der Waals surface area contributed by atoms with Crippen molar-refractivity contribution in [2.75, 3.05) is 6.54 Å². The largest absolute Gasteiger partial charge is 0.335 e. The molecule has 1 aromatic heterocycles. The number of nitrogens with zero attached hydrogens (tertiary/aromatic N) is 3. The second kappa shape index (κ2) is 3.34. The molecule has 0 N–H and O–H groups in total. The van der Waals surface area contributed by atoms with Crippen LogP contribution in [-0.2, 0) is 19.9 Å². The number of imidazole rings is 1. The zero-order chi connectivity index (χ0) is 13.7. The van der Waals surface area contributed by atoms with Crippen molar-refractivity contribution in [1.29, 1.82) is 0 Å². The van der Waals surface area contributed by atoms with Crippen molar-refractivity contribution in [3.8, 4) is 0 Å². The van der Waals surface area contributed by atoms with E-state index in [1.54, 1.807) is 6.92 Å². The van der Waals surface area contributed by atoms with E-state index in [1.165, 1.54) is 4.57 Å². The van der Waals surface area contributed by atoms with E-state index in [4.69, 9.17) is 4.11 Å². The molecule has 0 saturated heterocycles. The summed E-state index contributed by atoms with van der Waals surface area (Å²) in [5.41, 5.74) is 1.90. The van der Waals surface area contributed by atoms with Gasteiger partial charge >= 0.3 is 0 Å². The van der Waals surface area contributed by atoms with Crippen LogP contribution in [-0.4, -0.2) is 26.5 Å². The van der Waals surface area contributed by atoms with Crippen LogP contribution < -0.4 is 0 Å². The van der Waals surface area contributed by atoms with Gasteiger partial charge in [-0.1, -0.05) is 0 Å². The molecule has 0 spiro atoms. The highest BCUT2D eigenvalue weighted by Crippen LogP contribution is 2.24. The van der Waals surface area contributed by atoms with E-state index in [9.17, 15) is 0 Å². The highest BCUT2D eigenvalue weighted by molar-refractivity contribution is 5.20. The van der Waals surface area contributed by atoms with E-state index >= 15 is 0 Å². The average Bonchev–Trinajstić information content (AvgIpc) is 2.49. The number of aromatic nitrogens is 2. The SMILES string of the molecule is [2H]C([2H])([2H])n1c(C)nc2c1CCN(C(C)(C)C)C2. The smallest absolute Gasteiger partial charge is 0.105 e.